The van der Waals surface area contributed by atoms with Crippen LogP contribution in [0.1, 0.15) is 44.9 Å². The number of amides is 1. The second kappa shape index (κ2) is 4.21. The second-order valence-electron chi connectivity index (χ2n) is 7.90. The van der Waals surface area contributed by atoms with Crippen LogP contribution in [-0.2, 0) is 4.79 Å². The van der Waals surface area contributed by atoms with E-state index in [9.17, 15) is 4.79 Å². The van der Waals surface area contributed by atoms with E-state index < -0.39 is 0 Å². The van der Waals surface area contributed by atoms with Crippen molar-refractivity contribution in [2.75, 3.05) is 19.6 Å². The molecule has 1 saturated heterocycles. The fourth-order valence-corrected chi connectivity index (χ4v) is 6.07. The van der Waals surface area contributed by atoms with Crippen molar-refractivity contribution < 1.29 is 4.79 Å². The van der Waals surface area contributed by atoms with Crippen molar-refractivity contribution in [1.29, 1.82) is 0 Å². The number of carbonyl (C=O) groups excluding carboxylic acids is 1. The molecule has 19 heavy (non-hydrogen) atoms. The molecule has 1 amide bonds. The normalized spacial score (nSPS) is 48.3. The van der Waals surface area contributed by atoms with Gasteiger partial charge in [0, 0.05) is 19.6 Å². The molecule has 1 heterocycles. The van der Waals surface area contributed by atoms with Gasteiger partial charge in [0.1, 0.15) is 0 Å². The quantitative estimate of drug-likeness (QED) is 0.845. The first-order chi connectivity index (χ1) is 9.17. The van der Waals surface area contributed by atoms with Crippen molar-refractivity contribution in [2.45, 2.75) is 44.9 Å². The Hall–Kier alpha value is -0.570. The van der Waals surface area contributed by atoms with E-state index in [-0.39, 0.29) is 5.92 Å². The first kappa shape index (κ1) is 12.2. The summed E-state index contributed by atoms with van der Waals surface area (Å²) in [6.45, 7) is 2.55. The van der Waals surface area contributed by atoms with E-state index in [1.165, 1.54) is 38.5 Å². The molecule has 5 aliphatic rings. The van der Waals surface area contributed by atoms with Crippen LogP contribution in [0.15, 0.2) is 0 Å². The number of nitrogens with two attached hydrogens (primary N) is 1. The van der Waals surface area contributed by atoms with E-state index in [0.717, 1.165) is 37.3 Å². The summed E-state index contributed by atoms with van der Waals surface area (Å²) in [5.74, 6) is 3.41. The maximum Gasteiger partial charge on any atom is 0.227 e. The van der Waals surface area contributed by atoms with Crippen LogP contribution in [0.5, 0.6) is 0 Å². The highest BCUT2D eigenvalue weighted by atomic mass is 16.2. The van der Waals surface area contributed by atoms with Crippen molar-refractivity contribution in [3.05, 3.63) is 0 Å². The van der Waals surface area contributed by atoms with Crippen LogP contribution in [0.4, 0.5) is 0 Å². The lowest BCUT2D eigenvalue weighted by molar-refractivity contribution is -0.135. The Kier molecular flexibility index (Phi) is 2.70. The summed E-state index contributed by atoms with van der Waals surface area (Å²) in [6.07, 6.45) is 9.64. The topological polar surface area (TPSA) is 46.3 Å². The van der Waals surface area contributed by atoms with E-state index in [1.807, 2.05) is 0 Å². The SMILES string of the molecule is NCC1CCN(CC23CC4CC(CC(C4)C2)C3)C1=O. The van der Waals surface area contributed by atoms with Gasteiger partial charge in [-0.3, -0.25) is 4.79 Å². The van der Waals surface area contributed by atoms with Gasteiger partial charge < -0.3 is 10.6 Å². The molecule has 1 atom stereocenters. The lowest BCUT2D eigenvalue weighted by atomic mass is 9.49. The van der Waals surface area contributed by atoms with Crippen LogP contribution < -0.4 is 5.73 Å². The molecule has 1 aliphatic heterocycles. The van der Waals surface area contributed by atoms with E-state index in [2.05, 4.69) is 4.90 Å². The summed E-state index contributed by atoms with van der Waals surface area (Å²) < 4.78 is 0. The Morgan fingerprint density at radius 2 is 1.68 bits per heavy atom. The largest absolute Gasteiger partial charge is 0.342 e. The van der Waals surface area contributed by atoms with Gasteiger partial charge >= 0.3 is 0 Å². The maximum absolute atomic E-state index is 12.3. The highest BCUT2D eigenvalue weighted by molar-refractivity contribution is 5.81. The van der Waals surface area contributed by atoms with Gasteiger partial charge in [-0.2, -0.15) is 0 Å². The molecule has 4 bridgehead atoms. The molecule has 0 aromatic rings. The molecular weight excluding hydrogens is 236 g/mol. The summed E-state index contributed by atoms with van der Waals surface area (Å²) in [6, 6.07) is 0. The summed E-state index contributed by atoms with van der Waals surface area (Å²) >= 11 is 0. The molecule has 0 spiro atoms. The molecule has 4 aliphatic carbocycles. The number of carbonyl (C=O) groups is 1. The van der Waals surface area contributed by atoms with Crippen LogP contribution in [-0.4, -0.2) is 30.4 Å². The molecule has 1 unspecified atom stereocenters. The zero-order valence-corrected chi connectivity index (χ0v) is 11.8. The molecule has 2 N–H and O–H groups in total. The van der Waals surface area contributed by atoms with Gasteiger partial charge in [-0.25, -0.2) is 0 Å². The molecule has 0 aromatic heterocycles. The number of rotatable bonds is 3. The molecule has 0 aromatic carbocycles. The van der Waals surface area contributed by atoms with Gasteiger partial charge in [0.2, 0.25) is 5.91 Å². The minimum atomic E-state index is 0.119. The van der Waals surface area contributed by atoms with Gasteiger partial charge in [-0.1, -0.05) is 0 Å². The van der Waals surface area contributed by atoms with Crippen molar-refractivity contribution in [3.63, 3.8) is 0 Å². The van der Waals surface area contributed by atoms with Crippen LogP contribution in [0.3, 0.4) is 0 Å². The standard InChI is InChI=1S/C16H26N2O/c17-9-14-1-2-18(15(14)19)10-16-6-11-3-12(7-16)5-13(4-11)8-16/h11-14H,1-10,17H2. The molecule has 0 radical (unpaired) electrons. The molecule has 3 heteroatoms. The fraction of sp³-hybridized carbons (Fsp3) is 0.938. The van der Waals surface area contributed by atoms with Crippen molar-refractivity contribution in [3.8, 4) is 0 Å². The Morgan fingerprint density at radius 3 is 2.16 bits per heavy atom. The van der Waals surface area contributed by atoms with Crippen LogP contribution in [0.2, 0.25) is 0 Å². The minimum absolute atomic E-state index is 0.119. The Morgan fingerprint density at radius 1 is 1.11 bits per heavy atom. The summed E-state index contributed by atoms with van der Waals surface area (Å²) in [5, 5.41) is 0. The first-order valence-electron chi connectivity index (χ1n) is 8.16. The molecule has 5 fully saturated rings. The van der Waals surface area contributed by atoms with Crippen LogP contribution in [0, 0.1) is 29.1 Å². The highest BCUT2D eigenvalue weighted by Crippen LogP contribution is 2.60. The van der Waals surface area contributed by atoms with Gasteiger partial charge in [-0.05, 0) is 68.1 Å². The van der Waals surface area contributed by atoms with Gasteiger partial charge in [-0.15, -0.1) is 0 Å². The van der Waals surface area contributed by atoms with Crippen molar-refractivity contribution in [1.82, 2.24) is 4.90 Å². The zero-order valence-electron chi connectivity index (χ0n) is 11.8. The highest BCUT2D eigenvalue weighted by Gasteiger charge is 2.52. The number of likely N-dealkylation sites (tertiary alicyclic amines) is 1. The average Bonchev–Trinajstić information content (AvgIpc) is 2.68. The molecule has 3 nitrogen and oxygen atoms in total. The van der Waals surface area contributed by atoms with Gasteiger partial charge in [0.05, 0.1) is 5.92 Å². The molecule has 5 rings (SSSR count). The van der Waals surface area contributed by atoms with Crippen molar-refractivity contribution >= 4 is 5.91 Å². The number of hydrogen-bond donors (Lipinski definition) is 1. The third-order valence-electron chi connectivity index (χ3n) is 6.38. The van der Waals surface area contributed by atoms with E-state index in [4.69, 9.17) is 5.73 Å². The second-order valence-corrected chi connectivity index (χ2v) is 7.90. The number of hydrogen-bond acceptors (Lipinski definition) is 2. The summed E-state index contributed by atoms with van der Waals surface area (Å²) in [7, 11) is 0. The zero-order chi connectivity index (χ0) is 13.0. The maximum atomic E-state index is 12.3. The van der Waals surface area contributed by atoms with E-state index in [0.29, 0.717) is 17.9 Å². The number of nitrogens with zero attached hydrogens (tertiary/aromatic N) is 1. The van der Waals surface area contributed by atoms with Crippen LogP contribution >= 0.6 is 0 Å². The van der Waals surface area contributed by atoms with Crippen molar-refractivity contribution in [2.24, 2.45) is 34.8 Å². The molecule has 106 valence electrons. The Bertz CT molecular complexity index is 357. The van der Waals surface area contributed by atoms with Crippen LogP contribution in [0.25, 0.3) is 0 Å². The summed E-state index contributed by atoms with van der Waals surface area (Å²) in [4.78, 5) is 14.5. The smallest absolute Gasteiger partial charge is 0.227 e. The first-order valence-corrected chi connectivity index (χ1v) is 8.16. The predicted molar refractivity (Wildman–Crippen MR) is 74.3 cm³/mol. The summed E-state index contributed by atoms with van der Waals surface area (Å²) in [5.41, 5.74) is 6.19. The van der Waals surface area contributed by atoms with E-state index >= 15 is 0 Å². The Labute approximate surface area is 115 Å². The minimum Gasteiger partial charge on any atom is -0.342 e. The Balaban J connectivity index is 1.49. The fourth-order valence-electron chi connectivity index (χ4n) is 6.07. The lowest BCUT2D eigenvalue weighted by Gasteiger charge is -2.57. The lowest BCUT2D eigenvalue weighted by Crippen LogP contribution is -2.51. The van der Waals surface area contributed by atoms with Gasteiger partial charge in [0.25, 0.3) is 0 Å². The average molecular weight is 262 g/mol. The third-order valence-corrected chi connectivity index (χ3v) is 6.38. The molecular formula is C16H26N2O. The van der Waals surface area contributed by atoms with Gasteiger partial charge in [0.15, 0.2) is 0 Å². The third kappa shape index (κ3) is 1.93. The monoisotopic (exact) mass is 262 g/mol. The molecule has 4 saturated carbocycles. The predicted octanol–water partition coefficient (Wildman–Crippen LogP) is 2.01. The van der Waals surface area contributed by atoms with E-state index in [1.54, 1.807) is 0 Å².